The molecule has 0 saturated heterocycles. The molecule has 12 heavy (non-hydrogen) atoms. The lowest BCUT2D eigenvalue weighted by Crippen LogP contribution is -2.12. The number of carbonyl (C=O) groups is 2. The van der Waals surface area contributed by atoms with Crippen molar-refractivity contribution in [1.29, 1.82) is 0 Å². The first-order valence-electron chi connectivity index (χ1n) is 3.65. The third kappa shape index (κ3) is 0.889. The van der Waals surface area contributed by atoms with Crippen molar-refractivity contribution >= 4 is 11.6 Å². The minimum atomic E-state index is -0.448. The van der Waals surface area contributed by atoms with Crippen LogP contribution in [0.3, 0.4) is 0 Å². The molecule has 2 aliphatic rings. The fourth-order valence-electron chi connectivity index (χ4n) is 1.23. The summed E-state index contributed by atoms with van der Waals surface area (Å²) in [5.74, 6) is -0.865. The average Bonchev–Trinajstić information content (AvgIpc) is 2.46. The Hall–Kier alpha value is -1.70. The van der Waals surface area contributed by atoms with Gasteiger partial charge in [-0.15, -0.1) is 0 Å². The zero-order valence-electron chi connectivity index (χ0n) is 6.28. The van der Waals surface area contributed by atoms with Crippen molar-refractivity contribution in [2.24, 2.45) is 0 Å². The second-order valence-electron chi connectivity index (χ2n) is 2.61. The maximum atomic E-state index is 11.3. The summed E-state index contributed by atoms with van der Waals surface area (Å²) >= 11 is 0. The van der Waals surface area contributed by atoms with Crippen molar-refractivity contribution in [3.8, 4) is 0 Å². The third-order valence-electron chi connectivity index (χ3n) is 1.84. The Labute approximate surface area is 69.6 Å². The van der Waals surface area contributed by atoms with Crippen LogP contribution in [0.2, 0.25) is 0 Å². The van der Waals surface area contributed by atoms with Crippen LogP contribution in [-0.4, -0.2) is 11.6 Å². The minimum absolute atomic E-state index is 0.417. The zero-order chi connectivity index (χ0) is 8.55. The van der Waals surface area contributed by atoms with E-state index in [1.54, 1.807) is 24.3 Å². The maximum absolute atomic E-state index is 11.3. The number of rotatable bonds is 0. The highest BCUT2D eigenvalue weighted by Crippen LogP contribution is 2.21. The molecule has 2 aliphatic carbocycles. The van der Waals surface area contributed by atoms with E-state index >= 15 is 0 Å². The Balaban J connectivity index is 2.53. The van der Waals surface area contributed by atoms with Crippen molar-refractivity contribution < 1.29 is 9.59 Å². The van der Waals surface area contributed by atoms with Crippen LogP contribution in [0.5, 0.6) is 0 Å². The highest BCUT2D eigenvalue weighted by Gasteiger charge is 2.21. The summed E-state index contributed by atoms with van der Waals surface area (Å²) in [6, 6.07) is 0. The van der Waals surface area contributed by atoms with E-state index in [4.69, 9.17) is 0 Å². The van der Waals surface area contributed by atoms with Crippen LogP contribution < -0.4 is 0 Å². The first kappa shape index (κ1) is 6.98. The fraction of sp³-hybridized carbons (Fsp3) is 0. The SMILES string of the molecule is O=C1C=CC=C2C=CC=C2C1=O. The maximum Gasteiger partial charge on any atom is 0.233 e. The van der Waals surface area contributed by atoms with Crippen LogP contribution in [0.4, 0.5) is 0 Å². The van der Waals surface area contributed by atoms with Gasteiger partial charge in [-0.05, 0) is 11.6 Å². The highest BCUT2D eigenvalue weighted by atomic mass is 16.2. The fourth-order valence-corrected chi connectivity index (χ4v) is 1.23. The molecule has 2 rings (SSSR count). The van der Waals surface area contributed by atoms with E-state index in [1.807, 2.05) is 6.08 Å². The average molecular weight is 158 g/mol. The molecule has 0 saturated carbocycles. The van der Waals surface area contributed by atoms with E-state index in [-0.39, 0.29) is 0 Å². The first-order valence-corrected chi connectivity index (χ1v) is 3.65. The molecule has 0 amide bonds. The molecule has 0 unspecified atom stereocenters. The first-order chi connectivity index (χ1) is 5.79. The molecule has 0 aromatic heterocycles. The van der Waals surface area contributed by atoms with Gasteiger partial charge in [0.15, 0.2) is 0 Å². The normalized spacial score (nSPS) is 20.3. The number of carbonyl (C=O) groups excluding carboxylic acids is 2. The van der Waals surface area contributed by atoms with Crippen molar-refractivity contribution in [1.82, 2.24) is 0 Å². The Kier molecular flexibility index (Phi) is 1.40. The molecule has 0 aliphatic heterocycles. The van der Waals surface area contributed by atoms with Gasteiger partial charge < -0.3 is 0 Å². The van der Waals surface area contributed by atoms with Gasteiger partial charge in [0.2, 0.25) is 11.6 Å². The number of hydrogen-bond donors (Lipinski definition) is 0. The Morgan fingerprint density at radius 3 is 2.50 bits per heavy atom. The van der Waals surface area contributed by atoms with E-state index in [0.717, 1.165) is 5.57 Å². The van der Waals surface area contributed by atoms with Crippen molar-refractivity contribution in [2.75, 3.05) is 0 Å². The van der Waals surface area contributed by atoms with Crippen molar-refractivity contribution in [3.63, 3.8) is 0 Å². The summed E-state index contributed by atoms with van der Waals surface area (Å²) in [7, 11) is 0. The molecule has 58 valence electrons. The predicted molar refractivity (Wildman–Crippen MR) is 44.5 cm³/mol. The van der Waals surface area contributed by atoms with Crippen LogP contribution in [0.1, 0.15) is 0 Å². The monoisotopic (exact) mass is 158 g/mol. The topological polar surface area (TPSA) is 34.1 Å². The smallest absolute Gasteiger partial charge is 0.233 e. The van der Waals surface area contributed by atoms with Crippen LogP contribution in [-0.2, 0) is 9.59 Å². The van der Waals surface area contributed by atoms with Gasteiger partial charge in [-0.2, -0.15) is 0 Å². The number of fused-ring (bicyclic) bond motifs is 1. The summed E-state index contributed by atoms with van der Waals surface area (Å²) in [6.07, 6.45) is 9.91. The minimum Gasteiger partial charge on any atom is -0.286 e. The van der Waals surface area contributed by atoms with Gasteiger partial charge in [-0.25, -0.2) is 0 Å². The van der Waals surface area contributed by atoms with E-state index in [2.05, 4.69) is 0 Å². The number of ketones is 2. The Bertz CT molecular complexity index is 379. The number of hydrogen-bond acceptors (Lipinski definition) is 2. The molecule has 0 N–H and O–H groups in total. The third-order valence-corrected chi connectivity index (χ3v) is 1.84. The predicted octanol–water partition coefficient (Wildman–Crippen LogP) is 1.12. The lowest BCUT2D eigenvalue weighted by atomic mass is 10.0. The van der Waals surface area contributed by atoms with Crippen LogP contribution in [0, 0.1) is 0 Å². The molecule has 0 aromatic rings. The molecule has 0 heterocycles. The van der Waals surface area contributed by atoms with Crippen molar-refractivity contribution in [2.45, 2.75) is 0 Å². The Morgan fingerprint density at radius 2 is 1.67 bits per heavy atom. The number of allylic oxidation sites excluding steroid dienone is 8. The van der Waals surface area contributed by atoms with Gasteiger partial charge in [-0.1, -0.05) is 30.4 Å². The van der Waals surface area contributed by atoms with Gasteiger partial charge in [0.25, 0.3) is 0 Å². The zero-order valence-corrected chi connectivity index (χ0v) is 6.28. The van der Waals surface area contributed by atoms with Gasteiger partial charge in [0.05, 0.1) is 0 Å². The number of Topliss-reactive ketones (excluding diaryl/α,β-unsaturated/α-hetero) is 1. The molecule has 0 fully saturated rings. The molecule has 0 atom stereocenters. The summed E-state index contributed by atoms with van der Waals surface area (Å²) in [4.78, 5) is 22.3. The lowest BCUT2D eigenvalue weighted by molar-refractivity contribution is -0.131. The lowest BCUT2D eigenvalue weighted by Gasteiger charge is -1.96. The second-order valence-corrected chi connectivity index (χ2v) is 2.61. The van der Waals surface area contributed by atoms with Crippen LogP contribution in [0.25, 0.3) is 0 Å². The molecule has 2 heteroatoms. The van der Waals surface area contributed by atoms with Gasteiger partial charge in [-0.3, -0.25) is 9.59 Å². The molecular weight excluding hydrogens is 152 g/mol. The molecular formula is C10H6O2. The molecule has 0 spiro atoms. The largest absolute Gasteiger partial charge is 0.286 e. The molecule has 2 nitrogen and oxygen atoms in total. The molecule has 0 radical (unpaired) electrons. The van der Waals surface area contributed by atoms with Gasteiger partial charge >= 0.3 is 0 Å². The summed E-state index contributed by atoms with van der Waals surface area (Å²) in [6.45, 7) is 0. The van der Waals surface area contributed by atoms with Crippen LogP contribution >= 0.6 is 0 Å². The van der Waals surface area contributed by atoms with E-state index in [9.17, 15) is 9.59 Å². The quantitative estimate of drug-likeness (QED) is 0.495. The van der Waals surface area contributed by atoms with Crippen molar-refractivity contribution in [3.05, 3.63) is 47.6 Å². The summed E-state index contributed by atoms with van der Waals surface area (Å²) in [5.41, 5.74) is 1.33. The molecule has 0 aromatic carbocycles. The summed E-state index contributed by atoms with van der Waals surface area (Å²) in [5, 5.41) is 0. The summed E-state index contributed by atoms with van der Waals surface area (Å²) < 4.78 is 0. The van der Waals surface area contributed by atoms with E-state index < -0.39 is 11.6 Å². The van der Waals surface area contributed by atoms with Crippen LogP contribution in [0.15, 0.2) is 47.6 Å². The molecule has 0 bridgehead atoms. The van der Waals surface area contributed by atoms with Gasteiger partial charge in [0.1, 0.15) is 0 Å². The standard InChI is InChI=1S/C10H6O2/c11-9-6-2-4-7-3-1-5-8(7)10(9)12/h1-6H. The van der Waals surface area contributed by atoms with E-state index in [1.165, 1.54) is 6.08 Å². The van der Waals surface area contributed by atoms with Gasteiger partial charge in [0, 0.05) is 5.57 Å². The highest BCUT2D eigenvalue weighted by molar-refractivity contribution is 6.48. The van der Waals surface area contributed by atoms with E-state index in [0.29, 0.717) is 5.57 Å². The second kappa shape index (κ2) is 2.41. The Morgan fingerprint density at radius 1 is 0.917 bits per heavy atom.